The van der Waals surface area contributed by atoms with Gasteiger partial charge in [-0.2, -0.15) is 4.99 Å². The van der Waals surface area contributed by atoms with E-state index in [-0.39, 0.29) is 12.7 Å². The summed E-state index contributed by atoms with van der Waals surface area (Å²) < 4.78 is 19.5. The van der Waals surface area contributed by atoms with Crippen LogP contribution < -0.4 is 19.0 Å². The van der Waals surface area contributed by atoms with Crippen LogP contribution in [-0.4, -0.2) is 23.9 Å². The van der Waals surface area contributed by atoms with Crippen molar-refractivity contribution in [3.63, 3.8) is 0 Å². The van der Waals surface area contributed by atoms with E-state index in [1.807, 2.05) is 19.1 Å². The van der Waals surface area contributed by atoms with Crippen molar-refractivity contribution in [2.75, 3.05) is 13.4 Å². The van der Waals surface area contributed by atoms with Crippen LogP contribution in [0.25, 0.3) is 10.2 Å². The molecule has 0 N–H and O–H groups in total. The van der Waals surface area contributed by atoms with Gasteiger partial charge in [-0.1, -0.05) is 18.3 Å². The lowest BCUT2D eigenvalue weighted by atomic mass is 10.2. The van der Waals surface area contributed by atoms with Gasteiger partial charge >= 0.3 is 0 Å². The molecule has 0 spiro atoms. The van der Waals surface area contributed by atoms with E-state index < -0.39 is 0 Å². The topological polar surface area (TPSA) is 62.1 Å². The van der Waals surface area contributed by atoms with Crippen LogP contribution in [0.1, 0.15) is 30.6 Å². The molecule has 1 aliphatic heterocycles. The van der Waals surface area contributed by atoms with Crippen molar-refractivity contribution in [2.45, 2.75) is 26.8 Å². The average molecular weight is 384 g/mol. The standard InChI is InChI=1S/C20H20N2O4S/c1-3-9-22-15-10-16-17(26-12-25-16)11-18(15)27-20(22)21-19(23)13-5-7-14(8-6-13)24-4-2/h5-8,10-11H,3-4,9,12H2,1-2H3. The van der Waals surface area contributed by atoms with E-state index in [1.165, 1.54) is 11.3 Å². The van der Waals surface area contributed by atoms with E-state index >= 15 is 0 Å². The van der Waals surface area contributed by atoms with Gasteiger partial charge < -0.3 is 18.8 Å². The molecule has 7 heteroatoms. The second kappa shape index (κ2) is 7.44. The van der Waals surface area contributed by atoms with Crippen LogP contribution in [-0.2, 0) is 6.54 Å². The summed E-state index contributed by atoms with van der Waals surface area (Å²) in [5, 5.41) is 0. The monoisotopic (exact) mass is 384 g/mol. The highest BCUT2D eigenvalue weighted by Crippen LogP contribution is 2.37. The summed E-state index contributed by atoms with van der Waals surface area (Å²) in [6.45, 7) is 5.63. The lowest BCUT2D eigenvalue weighted by Gasteiger charge is -2.04. The van der Waals surface area contributed by atoms with Gasteiger partial charge in [-0.25, -0.2) is 0 Å². The summed E-state index contributed by atoms with van der Waals surface area (Å²) >= 11 is 1.48. The predicted molar refractivity (Wildman–Crippen MR) is 104 cm³/mol. The number of aryl methyl sites for hydroxylation is 1. The first-order valence-corrected chi connectivity index (χ1v) is 9.76. The van der Waals surface area contributed by atoms with Crippen LogP contribution in [0.3, 0.4) is 0 Å². The number of hydrogen-bond acceptors (Lipinski definition) is 5. The number of thiazole rings is 1. The van der Waals surface area contributed by atoms with Gasteiger partial charge in [0, 0.05) is 24.2 Å². The molecule has 0 radical (unpaired) electrons. The number of aromatic nitrogens is 1. The van der Waals surface area contributed by atoms with E-state index in [4.69, 9.17) is 14.2 Å². The molecule has 0 aliphatic carbocycles. The lowest BCUT2D eigenvalue weighted by molar-refractivity contribution is 0.0997. The molecule has 4 rings (SSSR count). The van der Waals surface area contributed by atoms with Crippen molar-refractivity contribution >= 4 is 27.5 Å². The Morgan fingerprint density at radius 1 is 1.19 bits per heavy atom. The number of benzene rings is 2. The number of fused-ring (bicyclic) bond motifs is 2. The van der Waals surface area contributed by atoms with E-state index in [1.54, 1.807) is 24.3 Å². The Morgan fingerprint density at radius 2 is 1.93 bits per heavy atom. The molecule has 2 aromatic carbocycles. The molecular weight excluding hydrogens is 364 g/mol. The van der Waals surface area contributed by atoms with Crippen LogP contribution >= 0.6 is 11.3 Å². The van der Waals surface area contributed by atoms with Crippen LogP contribution in [0.2, 0.25) is 0 Å². The molecule has 0 unspecified atom stereocenters. The molecule has 27 heavy (non-hydrogen) atoms. The number of amides is 1. The Morgan fingerprint density at radius 3 is 2.63 bits per heavy atom. The molecule has 0 fully saturated rings. The number of ether oxygens (including phenoxy) is 3. The Kier molecular flexibility index (Phi) is 4.85. The van der Waals surface area contributed by atoms with Crippen LogP contribution in [0.15, 0.2) is 41.4 Å². The zero-order chi connectivity index (χ0) is 18.8. The van der Waals surface area contributed by atoms with Crippen molar-refractivity contribution < 1.29 is 19.0 Å². The third-order valence-electron chi connectivity index (χ3n) is 4.23. The summed E-state index contributed by atoms with van der Waals surface area (Å²) in [7, 11) is 0. The smallest absolute Gasteiger partial charge is 0.279 e. The van der Waals surface area contributed by atoms with E-state index in [2.05, 4.69) is 16.5 Å². The van der Waals surface area contributed by atoms with Crippen LogP contribution in [0, 0.1) is 0 Å². The van der Waals surface area contributed by atoms with Gasteiger partial charge in [0.2, 0.25) is 6.79 Å². The first-order chi connectivity index (χ1) is 13.2. The molecule has 0 saturated carbocycles. The average Bonchev–Trinajstić information content (AvgIpc) is 3.25. The molecule has 0 atom stereocenters. The molecule has 0 saturated heterocycles. The van der Waals surface area contributed by atoms with Crippen molar-refractivity contribution in [3.05, 3.63) is 46.8 Å². The second-order valence-corrected chi connectivity index (χ2v) is 7.09. The van der Waals surface area contributed by atoms with Gasteiger partial charge in [0.25, 0.3) is 5.91 Å². The van der Waals surface area contributed by atoms with Gasteiger partial charge in [-0.05, 0) is 37.6 Å². The summed E-state index contributed by atoms with van der Waals surface area (Å²) in [6.07, 6.45) is 0.935. The number of rotatable bonds is 5. The molecule has 6 nitrogen and oxygen atoms in total. The molecular formula is C20H20N2O4S. The van der Waals surface area contributed by atoms with E-state index in [0.29, 0.717) is 17.0 Å². The predicted octanol–water partition coefficient (Wildman–Crippen LogP) is 3.98. The van der Waals surface area contributed by atoms with Crippen molar-refractivity contribution in [2.24, 2.45) is 4.99 Å². The van der Waals surface area contributed by atoms with Crippen molar-refractivity contribution in [1.82, 2.24) is 4.57 Å². The SMILES string of the molecule is CCCn1c(=NC(=O)c2ccc(OCC)cc2)sc2cc3c(cc21)OCO3. The molecule has 3 aromatic rings. The Balaban J connectivity index is 1.75. The highest BCUT2D eigenvalue weighted by Gasteiger charge is 2.18. The van der Waals surface area contributed by atoms with Gasteiger partial charge in [-0.15, -0.1) is 0 Å². The third kappa shape index (κ3) is 3.42. The molecule has 0 bridgehead atoms. The molecule has 140 valence electrons. The largest absolute Gasteiger partial charge is 0.494 e. The fourth-order valence-corrected chi connectivity index (χ4v) is 4.06. The second-order valence-electron chi connectivity index (χ2n) is 6.08. The van der Waals surface area contributed by atoms with Crippen LogP contribution in [0.5, 0.6) is 17.2 Å². The minimum atomic E-state index is -0.269. The zero-order valence-electron chi connectivity index (χ0n) is 15.2. The van der Waals surface area contributed by atoms with E-state index in [0.717, 1.165) is 40.4 Å². The minimum absolute atomic E-state index is 0.244. The maximum absolute atomic E-state index is 12.7. The highest BCUT2D eigenvalue weighted by molar-refractivity contribution is 7.16. The molecule has 2 heterocycles. The minimum Gasteiger partial charge on any atom is -0.494 e. The first kappa shape index (κ1) is 17.6. The fourth-order valence-electron chi connectivity index (χ4n) is 3.00. The van der Waals surface area contributed by atoms with Gasteiger partial charge in [0.15, 0.2) is 16.3 Å². The van der Waals surface area contributed by atoms with Crippen molar-refractivity contribution in [1.29, 1.82) is 0 Å². The number of hydrogen-bond donors (Lipinski definition) is 0. The lowest BCUT2D eigenvalue weighted by Crippen LogP contribution is -2.16. The number of carbonyl (C=O) groups is 1. The normalized spacial score (nSPS) is 13.3. The maximum atomic E-state index is 12.7. The Bertz CT molecular complexity index is 1050. The first-order valence-electron chi connectivity index (χ1n) is 8.94. The van der Waals surface area contributed by atoms with Crippen LogP contribution in [0.4, 0.5) is 0 Å². The highest BCUT2D eigenvalue weighted by atomic mass is 32.1. The molecule has 1 aliphatic rings. The number of nitrogens with zero attached hydrogens (tertiary/aromatic N) is 2. The summed E-state index contributed by atoms with van der Waals surface area (Å²) in [4.78, 5) is 17.7. The maximum Gasteiger partial charge on any atom is 0.279 e. The zero-order valence-corrected chi connectivity index (χ0v) is 16.0. The molecule has 1 aromatic heterocycles. The van der Waals surface area contributed by atoms with E-state index in [9.17, 15) is 4.79 Å². The van der Waals surface area contributed by atoms with Crippen molar-refractivity contribution in [3.8, 4) is 17.2 Å². The van der Waals surface area contributed by atoms with Gasteiger partial charge in [0.1, 0.15) is 5.75 Å². The number of carbonyl (C=O) groups excluding carboxylic acids is 1. The third-order valence-corrected chi connectivity index (χ3v) is 5.27. The Labute approximate surface area is 160 Å². The molecule has 1 amide bonds. The quantitative estimate of drug-likeness (QED) is 0.667. The summed E-state index contributed by atoms with van der Waals surface area (Å²) in [5.41, 5.74) is 1.54. The van der Waals surface area contributed by atoms with Gasteiger partial charge in [0.05, 0.1) is 16.8 Å². The Hall–Kier alpha value is -2.80. The summed E-state index contributed by atoms with van der Waals surface area (Å²) in [6, 6.07) is 11.0. The fraction of sp³-hybridized carbons (Fsp3) is 0.300. The van der Waals surface area contributed by atoms with Gasteiger partial charge in [-0.3, -0.25) is 4.79 Å². The summed E-state index contributed by atoms with van der Waals surface area (Å²) in [5.74, 6) is 1.94.